The van der Waals surface area contributed by atoms with Crippen LogP contribution in [0.2, 0.25) is 0 Å². The smallest absolute Gasteiger partial charge is 0.168 e. The molecule has 1 heterocycles. The van der Waals surface area contributed by atoms with Crippen molar-refractivity contribution in [3.63, 3.8) is 0 Å². The normalized spacial score (nSPS) is 11.7. The van der Waals surface area contributed by atoms with Gasteiger partial charge in [0.15, 0.2) is 5.78 Å². The molecule has 0 saturated heterocycles. The number of hydrogen-bond donors (Lipinski definition) is 0. The molecule has 0 aliphatic rings. The maximum Gasteiger partial charge on any atom is 0.168 e. The minimum atomic E-state index is -0.714. The van der Waals surface area contributed by atoms with Crippen LogP contribution in [0.1, 0.15) is 26.3 Å². The average Bonchev–Trinajstić information content (AvgIpc) is 2.65. The van der Waals surface area contributed by atoms with Crippen molar-refractivity contribution in [1.82, 2.24) is 9.78 Å². The standard InChI is InChI=1S/C11H18N2O2/c1-5-13-8-9(7-12-13)6-10(14)11(2,3)15-4/h7-8H,5-6H2,1-4H3. The second kappa shape index (κ2) is 4.57. The van der Waals surface area contributed by atoms with Gasteiger partial charge in [-0.05, 0) is 26.3 Å². The highest BCUT2D eigenvalue weighted by molar-refractivity contribution is 5.88. The maximum absolute atomic E-state index is 11.8. The van der Waals surface area contributed by atoms with Gasteiger partial charge in [-0.15, -0.1) is 0 Å². The largest absolute Gasteiger partial charge is 0.371 e. The summed E-state index contributed by atoms with van der Waals surface area (Å²) in [6, 6.07) is 0. The molecule has 1 rings (SSSR count). The lowest BCUT2D eigenvalue weighted by Gasteiger charge is -2.20. The SMILES string of the molecule is CCn1cc(CC(=O)C(C)(C)OC)cn1. The van der Waals surface area contributed by atoms with Crippen LogP contribution < -0.4 is 0 Å². The molecule has 0 bridgehead atoms. The Labute approximate surface area is 90.2 Å². The first-order chi connectivity index (χ1) is 6.99. The Hall–Kier alpha value is -1.16. The summed E-state index contributed by atoms with van der Waals surface area (Å²) in [5.41, 5.74) is 0.223. The van der Waals surface area contributed by atoms with Crippen LogP contribution in [-0.4, -0.2) is 28.3 Å². The summed E-state index contributed by atoms with van der Waals surface area (Å²) < 4.78 is 6.94. The molecule has 4 nitrogen and oxygen atoms in total. The molecule has 15 heavy (non-hydrogen) atoms. The number of aromatic nitrogens is 2. The van der Waals surface area contributed by atoms with Crippen LogP contribution in [0.4, 0.5) is 0 Å². The third-order valence-corrected chi connectivity index (χ3v) is 2.56. The van der Waals surface area contributed by atoms with E-state index in [0.29, 0.717) is 6.42 Å². The van der Waals surface area contributed by atoms with Gasteiger partial charge in [-0.1, -0.05) is 0 Å². The van der Waals surface area contributed by atoms with E-state index in [1.54, 1.807) is 27.2 Å². The van der Waals surface area contributed by atoms with Crippen LogP contribution >= 0.6 is 0 Å². The number of Topliss-reactive ketones (excluding diaryl/α,β-unsaturated/α-hetero) is 1. The highest BCUT2D eigenvalue weighted by atomic mass is 16.5. The number of ketones is 1. The Bertz CT molecular complexity index is 342. The lowest BCUT2D eigenvalue weighted by molar-refractivity contribution is -0.136. The third-order valence-electron chi connectivity index (χ3n) is 2.56. The van der Waals surface area contributed by atoms with E-state index in [1.807, 2.05) is 17.8 Å². The number of methoxy groups -OCH3 is 1. The Morgan fingerprint density at radius 1 is 1.60 bits per heavy atom. The van der Waals surface area contributed by atoms with Crippen LogP contribution in [-0.2, 0) is 22.5 Å². The lowest BCUT2D eigenvalue weighted by atomic mass is 9.98. The van der Waals surface area contributed by atoms with Crippen molar-refractivity contribution in [2.24, 2.45) is 0 Å². The van der Waals surface area contributed by atoms with Crippen molar-refractivity contribution in [2.75, 3.05) is 7.11 Å². The van der Waals surface area contributed by atoms with E-state index in [9.17, 15) is 4.79 Å². The lowest BCUT2D eigenvalue weighted by Crippen LogP contribution is -2.34. The Morgan fingerprint density at radius 3 is 2.73 bits per heavy atom. The molecule has 0 fully saturated rings. The number of carbonyl (C=O) groups is 1. The van der Waals surface area contributed by atoms with Crippen molar-refractivity contribution in [1.29, 1.82) is 0 Å². The minimum Gasteiger partial charge on any atom is -0.371 e. The van der Waals surface area contributed by atoms with Gasteiger partial charge in [-0.25, -0.2) is 0 Å². The number of ether oxygens (including phenoxy) is 1. The zero-order valence-electron chi connectivity index (χ0n) is 9.78. The third kappa shape index (κ3) is 2.89. The quantitative estimate of drug-likeness (QED) is 0.738. The van der Waals surface area contributed by atoms with Crippen LogP contribution in [0, 0.1) is 0 Å². The maximum atomic E-state index is 11.8. The van der Waals surface area contributed by atoms with Gasteiger partial charge in [0.2, 0.25) is 0 Å². The molecule has 0 aliphatic heterocycles. The number of hydrogen-bond acceptors (Lipinski definition) is 3. The van der Waals surface area contributed by atoms with E-state index in [2.05, 4.69) is 5.10 Å². The van der Waals surface area contributed by atoms with Gasteiger partial charge in [0.25, 0.3) is 0 Å². The molecular weight excluding hydrogens is 192 g/mol. The van der Waals surface area contributed by atoms with E-state index in [4.69, 9.17) is 4.74 Å². The van der Waals surface area contributed by atoms with Crippen molar-refractivity contribution >= 4 is 5.78 Å². The molecule has 0 aromatic carbocycles. The first-order valence-corrected chi connectivity index (χ1v) is 5.09. The Balaban J connectivity index is 2.66. The van der Waals surface area contributed by atoms with E-state index >= 15 is 0 Å². The fourth-order valence-electron chi connectivity index (χ4n) is 1.18. The molecule has 0 aliphatic carbocycles. The number of aryl methyl sites for hydroxylation is 1. The van der Waals surface area contributed by atoms with Crippen molar-refractivity contribution in [3.05, 3.63) is 18.0 Å². The first-order valence-electron chi connectivity index (χ1n) is 5.09. The van der Waals surface area contributed by atoms with Gasteiger partial charge in [0, 0.05) is 26.3 Å². The zero-order chi connectivity index (χ0) is 11.5. The fourth-order valence-corrected chi connectivity index (χ4v) is 1.18. The predicted octanol–water partition coefficient (Wildman–Crippen LogP) is 1.44. The predicted molar refractivity (Wildman–Crippen MR) is 57.7 cm³/mol. The summed E-state index contributed by atoms with van der Waals surface area (Å²) in [6.07, 6.45) is 4.00. The van der Waals surface area contributed by atoms with E-state index in [0.717, 1.165) is 12.1 Å². The van der Waals surface area contributed by atoms with E-state index in [-0.39, 0.29) is 5.78 Å². The van der Waals surface area contributed by atoms with Gasteiger partial charge in [-0.3, -0.25) is 9.48 Å². The summed E-state index contributed by atoms with van der Waals surface area (Å²) in [6.45, 7) is 6.39. The zero-order valence-corrected chi connectivity index (χ0v) is 9.78. The monoisotopic (exact) mass is 210 g/mol. The van der Waals surface area contributed by atoms with E-state index < -0.39 is 5.60 Å². The summed E-state index contributed by atoms with van der Waals surface area (Å²) in [5, 5.41) is 4.12. The number of nitrogens with zero attached hydrogens (tertiary/aromatic N) is 2. The fraction of sp³-hybridized carbons (Fsp3) is 0.636. The van der Waals surface area contributed by atoms with Gasteiger partial charge in [0.1, 0.15) is 5.60 Å². The van der Waals surface area contributed by atoms with Gasteiger partial charge in [0.05, 0.1) is 6.20 Å². The summed E-state index contributed by atoms with van der Waals surface area (Å²) in [4.78, 5) is 11.8. The minimum absolute atomic E-state index is 0.0700. The highest BCUT2D eigenvalue weighted by Gasteiger charge is 2.26. The second-order valence-electron chi connectivity index (χ2n) is 4.02. The van der Waals surface area contributed by atoms with Gasteiger partial charge < -0.3 is 4.74 Å². The molecule has 4 heteroatoms. The van der Waals surface area contributed by atoms with Crippen molar-refractivity contribution in [3.8, 4) is 0 Å². The van der Waals surface area contributed by atoms with Crippen LogP contribution in [0.3, 0.4) is 0 Å². The molecule has 0 atom stereocenters. The highest BCUT2D eigenvalue weighted by Crippen LogP contribution is 2.12. The number of carbonyl (C=O) groups excluding carboxylic acids is 1. The van der Waals surface area contributed by atoms with Crippen molar-refractivity contribution in [2.45, 2.75) is 39.3 Å². The molecule has 1 aromatic rings. The van der Waals surface area contributed by atoms with Gasteiger partial charge >= 0.3 is 0 Å². The average molecular weight is 210 g/mol. The molecule has 0 spiro atoms. The molecule has 0 saturated carbocycles. The van der Waals surface area contributed by atoms with Gasteiger partial charge in [-0.2, -0.15) is 5.10 Å². The molecule has 84 valence electrons. The topological polar surface area (TPSA) is 44.1 Å². The summed E-state index contributed by atoms with van der Waals surface area (Å²) in [5.74, 6) is 0.0700. The van der Waals surface area contributed by atoms with Crippen molar-refractivity contribution < 1.29 is 9.53 Å². The van der Waals surface area contributed by atoms with Crippen LogP contribution in [0.25, 0.3) is 0 Å². The first kappa shape index (κ1) is 11.9. The molecule has 0 amide bonds. The summed E-state index contributed by atoms with van der Waals surface area (Å²) >= 11 is 0. The molecule has 0 N–H and O–H groups in total. The van der Waals surface area contributed by atoms with Crippen LogP contribution in [0.5, 0.6) is 0 Å². The molecule has 0 radical (unpaired) electrons. The summed E-state index contributed by atoms with van der Waals surface area (Å²) in [7, 11) is 1.55. The number of rotatable bonds is 5. The molecule has 1 aromatic heterocycles. The van der Waals surface area contributed by atoms with Crippen LogP contribution in [0.15, 0.2) is 12.4 Å². The van der Waals surface area contributed by atoms with E-state index in [1.165, 1.54) is 0 Å². The second-order valence-corrected chi connectivity index (χ2v) is 4.02. The Morgan fingerprint density at radius 2 is 2.27 bits per heavy atom. The Kier molecular flexibility index (Phi) is 3.63. The molecule has 0 unspecified atom stereocenters. The molecular formula is C11H18N2O2.